The van der Waals surface area contributed by atoms with E-state index in [0.29, 0.717) is 17.2 Å². The highest BCUT2D eigenvalue weighted by molar-refractivity contribution is 5.77. The summed E-state index contributed by atoms with van der Waals surface area (Å²) in [5, 5.41) is 9.94. The second kappa shape index (κ2) is 7.00. The molecule has 0 aromatic heterocycles. The number of methoxy groups -OCH3 is 3. The Labute approximate surface area is 118 Å². The van der Waals surface area contributed by atoms with Crippen LogP contribution in [0.3, 0.4) is 0 Å². The Morgan fingerprint density at radius 1 is 1.05 bits per heavy atom. The lowest BCUT2D eigenvalue weighted by Crippen LogP contribution is -2.15. The van der Waals surface area contributed by atoms with E-state index in [4.69, 9.17) is 14.2 Å². The van der Waals surface area contributed by atoms with Gasteiger partial charge >= 0.3 is 5.97 Å². The monoisotopic (exact) mass is 284 g/mol. The summed E-state index contributed by atoms with van der Waals surface area (Å²) in [5.41, 5.74) is 0.257. The van der Waals surface area contributed by atoms with Crippen LogP contribution in [0.1, 0.15) is 25.5 Å². The normalized spacial score (nSPS) is 11.9. The lowest BCUT2D eigenvalue weighted by atomic mass is 10.1. The second-order valence-electron chi connectivity index (χ2n) is 4.34. The number of esters is 1. The Morgan fingerprint density at radius 2 is 1.65 bits per heavy atom. The molecule has 1 N–H and O–H groups in total. The summed E-state index contributed by atoms with van der Waals surface area (Å²) in [5.74, 6) is 0.417. The molecule has 1 aromatic rings. The Kier molecular flexibility index (Phi) is 5.64. The van der Waals surface area contributed by atoms with E-state index in [9.17, 15) is 9.90 Å². The van der Waals surface area contributed by atoms with Gasteiger partial charge in [0.05, 0.1) is 27.4 Å². The molecule has 0 aliphatic heterocycles. The molecule has 0 saturated carbocycles. The van der Waals surface area contributed by atoms with Gasteiger partial charge in [0, 0.05) is 11.6 Å². The fourth-order valence-corrected chi connectivity index (χ4v) is 1.69. The predicted octanol–water partition coefficient (Wildman–Crippen LogP) is 1.70. The van der Waals surface area contributed by atoms with Crippen LogP contribution < -0.4 is 14.2 Å². The van der Waals surface area contributed by atoms with Crippen LogP contribution in [0.2, 0.25) is 0 Å². The van der Waals surface area contributed by atoms with Crippen molar-refractivity contribution < 1.29 is 28.8 Å². The van der Waals surface area contributed by atoms with E-state index in [1.54, 1.807) is 6.07 Å². The number of hydrogen-bond donors (Lipinski definition) is 1. The number of benzene rings is 1. The van der Waals surface area contributed by atoms with Crippen molar-refractivity contribution in [1.29, 1.82) is 0 Å². The van der Waals surface area contributed by atoms with Crippen molar-refractivity contribution in [1.82, 2.24) is 0 Å². The molecule has 1 unspecified atom stereocenters. The van der Waals surface area contributed by atoms with Crippen LogP contribution in [0, 0.1) is 0 Å². The van der Waals surface area contributed by atoms with Gasteiger partial charge in [0.1, 0.15) is 5.75 Å². The minimum Gasteiger partial charge on any atom is -0.496 e. The van der Waals surface area contributed by atoms with Crippen molar-refractivity contribution in [3.05, 3.63) is 17.7 Å². The lowest BCUT2D eigenvalue weighted by molar-refractivity contribution is -0.150. The van der Waals surface area contributed by atoms with Crippen molar-refractivity contribution in [2.75, 3.05) is 21.3 Å². The third kappa shape index (κ3) is 3.54. The number of aliphatic hydroxyl groups is 1. The van der Waals surface area contributed by atoms with Gasteiger partial charge in [-0.1, -0.05) is 0 Å². The molecule has 1 aromatic carbocycles. The van der Waals surface area contributed by atoms with Gasteiger partial charge in [-0.2, -0.15) is 0 Å². The topological polar surface area (TPSA) is 74.2 Å². The maximum Gasteiger partial charge on any atom is 0.339 e. The van der Waals surface area contributed by atoms with Gasteiger partial charge < -0.3 is 24.1 Å². The minimum atomic E-state index is -1.45. The zero-order chi connectivity index (χ0) is 15.3. The van der Waals surface area contributed by atoms with Gasteiger partial charge in [-0.05, 0) is 19.9 Å². The Balaban J connectivity index is 3.28. The third-order valence-electron chi connectivity index (χ3n) is 2.60. The molecule has 6 heteroatoms. The number of rotatable bonds is 6. The third-order valence-corrected chi connectivity index (χ3v) is 2.60. The van der Waals surface area contributed by atoms with Gasteiger partial charge in [0.2, 0.25) is 0 Å². The van der Waals surface area contributed by atoms with Crippen molar-refractivity contribution in [2.45, 2.75) is 26.1 Å². The standard InChI is InChI=1S/C14H20O6/c1-8(2)20-12-7-10(17-3)9(6-11(12)18-4)13(15)14(16)19-5/h6-8,13,15H,1-5H3. The van der Waals surface area contributed by atoms with Crippen LogP contribution >= 0.6 is 0 Å². The molecular weight excluding hydrogens is 264 g/mol. The fraction of sp³-hybridized carbons (Fsp3) is 0.500. The van der Waals surface area contributed by atoms with Gasteiger partial charge in [0.15, 0.2) is 17.6 Å². The molecule has 0 aliphatic rings. The summed E-state index contributed by atoms with van der Waals surface area (Å²) in [7, 11) is 4.11. The Bertz CT molecular complexity index is 469. The first-order chi connectivity index (χ1) is 9.44. The summed E-state index contributed by atoms with van der Waals surface area (Å²) in [6.07, 6.45) is -1.50. The summed E-state index contributed by atoms with van der Waals surface area (Å²) in [4.78, 5) is 11.4. The highest BCUT2D eigenvalue weighted by Gasteiger charge is 2.24. The number of ether oxygens (including phenoxy) is 4. The number of carbonyl (C=O) groups is 1. The molecule has 0 bridgehead atoms. The van der Waals surface area contributed by atoms with Crippen LogP contribution in [0.5, 0.6) is 17.2 Å². The van der Waals surface area contributed by atoms with Gasteiger partial charge in [-0.25, -0.2) is 4.79 Å². The highest BCUT2D eigenvalue weighted by atomic mass is 16.5. The molecule has 112 valence electrons. The molecule has 0 spiro atoms. The SMILES string of the molecule is COC(=O)C(O)c1cc(OC)c(OC(C)C)cc1OC. The molecule has 0 heterocycles. The van der Waals surface area contributed by atoms with Crippen LogP contribution in [0.25, 0.3) is 0 Å². The molecule has 20 heavy (non-hydrogen) atoms. The van der Waals surface area contributed by atoms with E-state index < -0.39 is 12.1 Å². The first-order valence-corrected chi connectivity index (χ1v) is 6.13. The van der Waals surface area contributed by atoms with E-state index in [0.717, 1.165) is 0 Å². The molecule has 0 saturated heterocycles. The number of hydrogen-bond acceptors (Lipinski definition) is 6. The largest absolute Gasteiger partial charge is 0.496 e. The fourth-order valence-electron chi connectivity index (χ4n) is 1.69. The quantitative estimate of drug-likeness (QED) is 0.801. The van der Waals surface area contributed by atoms with E-state index in [2.05, 4.69) is 4.74 Å². The average molecular weight is 284 g/mol. The maximum absolute atomic E-state index is 11.4. The van der Waals surface area contributed by atoms with Gasteiger partial charge in [0.25, 0.3) is 0 Å². The average Bonchev–Trinajstić information content (AvgIpc) is 2.44. The summed E-state index contributed by atoms with van der Waals surface area (Å²) in [6.45, 7) is 3.76. The van der Waals surface area contributed by atoms with Crippen LogP contribution in [-0.2, 0) is 9.53 Å². The van der Waals surface area contributed by atoms with Crippen molar-refractivity contribution in [3.63, 3.8) is 0 Å². The highest BCUT2D eigenvalue weighted by Crippen LogP contribution is 2.38. The maximum atomic E-state index is 11.4. The first kappa shape index (κ1) is 16.1. The summed E-state index contributed by atoms with van der Waals surface area (Å²) in [6, 6.07) is 3.07. The summed E-state index contributed by atoms with van der Waals surface area (Å²) < 4.78 is 20.5. The van der Waals surface area contributed by atoms with Crippen molar-refractivity contribution in [3.8, 4) is 17.2 Å². The molecule has 0 fully saturated rings. The van der Waals surface area contributed by atoms with Gasteiger partial charge in [-0.3, -0.25) is 0 Å². The summed E-state index contributed by atoms with van der Waals surface area (Å²) >= 11 is 0. The van der Waals surface area contributed by atoms with Crippen molar-refractivity contribution >= 4 is 5.97 Å². The van der Waals surface area contributed by atoms with Crippen LogP contribution in [-0.4, -0.2) is 38.5 Å². The van der Waals surface area contributed by atoms with Crippen molar-refractivity contribution in [2.24, 2.45) is 0 Å². The Morgan fingerprint density at radius 3 is 2.10 bits per heavy atom. The zero-order valence-corrected chi connectivity index (χ0v) is 12.3. The Hall–Kier alpha value is -1.95. The van der Waals surface area contributed by atoms with E-state index in [-0.39, 0.29) is 11.7 Å². The smallest absolute Gasteiger partial charge is 0.339 e. The molecule has 1 rings (SSSR count). The molecule has 1 atom stereocenters. The van der Waals surface area contributed by atoms with E-state index in [1.165, 1.54) is 27.4 Å². The molecule has 0 amide bonds. The van der Waals surface area contributed by atoms with Crippen LogP contribution in [0.15, 0.2) is 12.1 Å². The van der Waals surface area contributed by atoms with E-state index in [1.807, 2.05) is 13.8 Å². The second-order valence-corrected chi connectivity index (χ2v) is 4.34. The predicted molar refractivity (Wildman–Crippen MR) is 72.3 cm³/mol. The molecule has 6 nitrogen and oxygen atoms in total. The lowest BCUT2D eigenvalue weighted by Gasteiger charge is -2.18. The number of carbonyl (C=O) groups excluding carboxylic acids is 1. The van der Waals surface area contributed by atoms with Gasteiger partial charge in [-0.15, -0.1) is 0 Å². The first-order valence-electron chi connectivity index (χ1n) is 6.13. The zero-order valence-electron chi connectivity index (χ0n) is 12.3. The van der Waals surface area contributed by atoms with E-state index >= 15 is 0 Å². The minimum absolute atomic E-state index is 0.0509. The molecule has 0 aliphatic carbocycles. The number of aliphatic hydroxyl groups excluding tert-OH is 1. The van der Waals surface area contributed by atoms with Crippen LogP contribution in [0.4, 0.5) is 0 Å². The molecule has 0 radical (unpaired) electrons. The molecular formula is C14H20O6.